The minimum Gasteiger partial charge on any atom is -0.726 e. The summed E-state index contributed by atoms with van der Waals surface area (Å²) >= 11 is 0. The van der Waals surface area contributed by atoms with Crippen LogP contribution < -0.4 is 0 Å². The van der Waals surface area contributed by atoms with Crippen molar-refractivity contribution < 1.29 is 26.9 Å². The molecule has 1 heterocycles. The van der Waals surface area contributed by atoms with Gasteiger partial charge in [-0.25, -0.2) is 13.0 Å². The molecule has 0 fully saturated rings. The van der Waals surface area contributed by atoms with Crippen molar-refractivity contribution in [2.75, 3.05) is 14.2 Å². The molecule has 0 aliphatic carbocycles. The van der Waals surface area contributed by atoms with Crippen LogP contribution in [0.4, 0.5) is 0 Å². The molecule has 0 saturated heterocycles. The standard InChI is InChI=1S/C14H28N2O.CH4O4S/c1-7-8-9-10-11-14(5)15(6)12(2)13(3,4)16(14)17;1-5-6(2,3)4/h7-11H2,1-6H3;1H3,(H,2,3,4)/q+1;/p-1. The summed E-state index contributed by atoms with van der Waals surface area (Å²) in [6, 6.07) is 0. The molecule has 0 aromatic carbocycles. The summed E-state index contributed by atoms with van der Waals surface area (Å²) in [6.45, 7) is 10.4. The molecular formula is C15H31N2O5S. The van der Waals surface area contributed by atoms with E-state index >= 15 is 0 Å². The Bertz CT molecular complexity index is 516. The lowest BCUT2D eigenvalue weighted by molar-refractivity contribution is -0.622. The van der Waals surface area contributed by atoms with Gasteiger partial charge in [0.05, 0.1) is 7.11 Å². The lowest BCUT2D eigenvalue weighted by atomic mass is 9.98. The van der Waals surface area contributed by atoms with Crippen LogP contribution in [0, 0.1) is 0 Å². The summed E-state index contributed by atoms with van der Waals surface area (Å²) in [4.78, 5) is 0. The van der Waals surface area contributed by atoms with Crippen molar-refractivity contribution in [2.24, 2.45) is 0 Å². The van der Waals surface area contributed by atoms with Gasteiger partial charge in [0, 0.05) is 20.3 Å². The van der Waals surface area contributed by atoms with Crippen molar-refractivity contribution in [3.63, 3.8) is 0 Å². The van der Waals surface area contributed by atoms with E-state index in [-0.39, 0.29) is 11.2 Å². The zero-order chi connectivity index (χ0) is 18.5. The second-order valence-electron chi connectivity index (χ2n) is 6.60. The second kappa shape index (κ2) is 8.53. The van der Waals surface area contributed by atoms with Crippen LogP contribution in [0.25, 0.3) is 0 Å². The van der Waals surface area contributed by atoms with Crippen LogP contribution in [0.1, 0.15) is 66.7 Å². The van der Waals surface area contributed by atoms with Gasteiger partial charge in [0.1, 0.15) is 12.6 Å². The van der Waals surface area contributed by atoms with Gasteiger partial charge in [-0.15, -0.1) is 5.21 Å². The van der Waals surface area contributed by atoms with E-state index in [4.69, 9.17) is 0 Å². The first-order chi connectivity index (χ1) is 10.3. The van der Waals surface area contributed by atoms with E-state index < -0.39 is 10.4 Å². The van der Waals surface area contributed by atoms with Gasteiger partial charge >= 0.3 is 0 Å². The summed E-state index contributed by atoms with van der Waals surface area (Å²) in [6.07, 6.45) is 5.83. The molecule has 0 spiro atoms. The molecule has 1 rings (SSSR count). The lowest BCUT2D eigenvalue weighted by Crippen LogP contribution is -2.52. The highest BCUT2D eigenvalue weighted by Gasteiger charge is 2.58. The Morgan fingerprint density at radius 1 is 1.22 bits per heavy atom. The van der Waals surface area contributed by atoms with Gasteiger partial charge in [-0.3, -0.25) is 4.18 Å². The van der Waals surface area contributed by atoms with Gasteiger partial charge < -0.3 is 4.55 Å². The summed E-state index contributed by atoms with van der Waals surface area (Å²) in [7, 11) is -1.55. The first-order valence-electron chi connectivity index (χ1n) is 7.91. The molecule has 0 N–H and O–H groups in total. The van der Waals surface area contributed by atoms with Crippen molar-refractivity contribution in [3.8, 4) is 0 Å². The summed E-state index contributed by atoms with van der Waals surface area (Å²) in [5.41, 5.74) is 0.445. The SMILES string of the molecule is CCCCCCC1(C)N([O])C(C)(C)C(C)=[N+]1C.COS(=O)(=O)[O-]. The van der Waals surface area contributed by atoms with Gasteiger partial charge in [-0.1, -0.05) is 31.2 Å². The second-order valence-corrected chi connectivity index (χ2v) is 7.75. The van der Waals surface area contributed by atoms with E-state index in [0.717, 1.165) is 20.0 Å². The van der Waals surface area contributed by atoms with Gasteiger partial charge in [0.25, 0.3) is 0 Å². The Balaban J connectivity index is 0.000000688. The quantitative estimate of drug-likeness (QED) is 0.317. The van der Waals surface area contributed by atoms with E-state index in [1.165, 1.54) is 30.0 Å². The van der Waals surface area contributed by atoms with Crippen molar-refractivity contribution >= 4 is 16.1 Å². The third kappa shape index (κ3) is 5.79. The van der Waals surface area contributed by atoms with Gasteiger partial charge in [-0.2, -0.15) is 0 Å². The number of nitrogens with zero attached hydrogens (tertiary/aromatic N) is 2. The molecule has 0 bridgehead atoms. The fourth-order valence-electron chi connectivity index (χ4n) is 2.81. The molecule has 137 valence electrons. The molecule has 0 amide bonds. The summed E-state index contributed by atoms with van der Waals surface area (Å²) < 4.78 is 33.2. The third-order valence-corrected chi connectivity index (χ3v) is 5.17. The first kappa shape index (κ1) is 22.5. The first-order valence-corrected chi connectivity index (χ1v) is 9.24. The molecule has 1 unspecified atom stereocenters. The van der Waals surface area contributed by atoms with Crippen LogP contribution >= 0.6 is 0 Å². The summed E-state index contributed by atoms with van der Waals surface area (Å²) in [5, 5.41) is 13.8. The van der Waals surface area contributed by atoms with Crippen molar-refractivity contribution in [1.29, 1.82) is 0 Å². The Kier molecular flexibility index (Phi) is 8.33. The Hall–Kier alpha value is -0.540. The molecule has 0 aromatic rings. The number of unbranched alkanes of at least 4 members (excludes halogenated alkanes) is 3. The number of hydrogen-bond acceptors (Lipinski definition) is 5. The predicted octanol–water partition coefficient (Wildman–Crippen LogP) is 2.31. The zero-order valence-corrected chi connectivity index (χ0v) is 16.2. The monoisotopic (exact) mass is 351 g/mol. The molecular weight excluding hydrogens is 320 g/mol. The topological polar surface area (TPSA) is 92.6 Å². The van der Waals surface area contributed by atoms with Crippen molar-refractivity contribution in [3.05, 3.63) is 0 Å². The molecule has 23 heavy (non-hydrogen) atoms. The maximum absolute atomic E-state index is 12.5. The van der Waals surface area contributed by atoms with E-state index in [1.807, 2.05) is 13.8 Å². The van der Waals surface area contributed by atoms with E-state index in [9.17, 15) is 18.2 Å². The summed E-state index contributed by atoms with van der Waals surface area (Å²) in [5.74, 6) is 0. The maximum Gasteiger partial charge on any atom is 0.240 e. The fraction of sp³-hybridized carbons (Fsp3) is 0.933. The zero-order valence-electron chi connectivity index (χ0n) is 15.4. The van der Waals surface area contributed by atoms with E-state index in [1.54, 1.807) is 0 Å². The Morgan fingerprint density at radius 3 is 2.00 bits per heavy atom. The molecule has 1 atom stereocenters. The van der Waals surface area contributed by atoms with Crippen LogP contribution in [0.3, 0.4) is 0 Å². The highest BCUT2D eigenvalue weighted by Crippen LogP contribution is 2.35. The minimum absolute atomic E-state index is 0.360. The van der Waals surface area contributed by atoms with Gasteiger partial charge in [0.15, 0.2) is 5.71 Å². The van der Waals surface area contributed by atoms with Crippen LogP contribution in [0.5, 0.6) is 0 Å². The largest absolute Gasteiger partial charge is 0.726 e. The normalized spacial score (nSPS) is 24.6. The van der Waals surface area contributed by atoms with Crippen LogP contribution in [-0.2, 0) is 19.8 Å². The van der Waals surface area contributed by atoms with Gasteiger partial charge in [-0.05, 0) is 20.3 Å². The number of rotatable bonds is 6. The van der Waals surface area contributed by atoms with E-state index in [0.29, 0.717) is 0 Å². The molecule has 1 aliphatic heterocycles. The fourth-order valence-corrected chi connectivity index (χ4v) is 2.81. The average molecular weight is 351 g/mol. The molecule has 1 radical (unpaired) electrons. The molecule has 1 aliphatic rings. The highest BCUT2D eigenvalue weighted by molar-refractivity contribution is 7.80. The lowest BCUT2D eigenvalue weighted by Gasteiger charge is -2.30. The predicted molar refractivity (Wildman–Crippen MR) is 87.3 cm³/mol. The van der Waals surface area contributed by atoms with E-state index in [2.05, 4.69) is 36.6 Å². The molecule has 0 saturated carbocycles. The van der Waals surface area contributed by atoms with Crippen LogP contribution in [-0.4, -0.2) is 53.7 Å². The maximum atomic E-state index is 12.5. The third-order valence-electron chi connectivity index (χ3n) is 4.76. The highest BCUT2D eigenvalue weighted by atomic mass is 32.3. The van der Waals surface area contributed by atoms with Crippen molar-refractivity contribution in [1.82, 2.24) is 5.06 Å². The smallest absolute Gasteiger partial charge is 0.240 e. The number of hydroxylamine groups is 2. The van der Waals surface area contributed by atoms with Crippen LogP contribution in [0.2, 0.25) is 0 Å². The Morgan fingerprint density at radius 2 is 1.70 bits per heavy atom. The molecule has 0 aromatic heterocycles. The molecule has 8 heteroatoms. The van der Waals surface area contributed by atoms with Crippen molar-refractivity contribution in [2.45, 2.75) is 77.9 Å². The van der Waals surface area contributed by atoms with Crippen LogP contribution in [0.15, 0.2) is 0 Å². The Labute approximate surface area is 140 Å². The number of hydrogen-bond donors (Lipinski definition) is 0. The minimum atomic E-state index is -4.41. The average Bonchev–Trinajstić information content (AvgIpc) is 2.58. The molecule has 7 nitrogen and oxygen atoms in total. The van der Waals surface area contributed by atoms with Gasteiger partial charge in [0.2, 0.25) is 16.1 Å².